The highest BCUT2D eigenvalue weighted by Crippen LogP contribution is 2.16. The molecule has 0 unspecified atom stereocenters. The van der Waals surface area contributed by atoms with E-state index >= 15 is 0 Å². The summed E-state index contributed by atoms with van der Waals surface area (Å²) in [5.41, 5.74) is 1.68. The first kappa shape index (κ1) is 12.8. The van der Waals surface area contributed by atoms with Crippen LogP contribution >= 0.6 is 11.6 Å². The van der Waals surface area contributed by atoms with Gasteiger partial charge >= 0.3 is 0 Å². The lowest BCUT2D eigenvalue weighted by atomic mass is 10.4. The Labute approximate surface area is 111 Å². The van der Waals surface area contributed by atoms with E-state index in [0.717, 1.165) is 30.2 Å². The fraction of sp³-hybridized carbons (Fsp3) is 0.417. The van der Waals surface area contributed by atoms with Gasteiger partial charge in [-0.2, -0.15) is 10.1 Å². The van der Waals surface area contributed by atoms with E-state index in [1.807, 2.05) is 19.9 Å². The molecular formula is C12H16ClN5. The van der Waals surface area contributed by atoms with Gasteiger partial charge in [-0.25, -0.2) is 9.67 Å². The van der Waals surface area contributed by atoms with Crippen LogP contribution in [0.3, 0.4) is 0 Å². The number of hydrogen-bond acceptors (Lipinski definition) is 4. The van der Waals surface area contributed by atoms with Crippen LogP contribution in [-0.4, -0.2) is 26.3 Å². The molecule has 96 valence electrons. The average molecular weight is 266 g/mol. The van der Waals surface area contributed by atoms with Crippen LogP contribution in [0, 0.1) is 13.8 Å². The van der Waals surface area contributed by atoms with Crippen LogP contribution in [0.25, 0.3) is 5.82 Å². The lowest BCUT2D eigenvalue weighted by Gasteiger charge is -2.07. The number of anilines is 1. The van der Waals surface area contributed by atoms with E-state index in [2.05, 4.69) is 27.3 Å². The molecule has 0 saturated carbocycles. The topological polar surface area (TPSA) is 55.6 Å². The summed E-state index contributed by atoms with van der Waals surface area (Å²) >= 11 is 6.00. The Hall–Kier alpha value is -1.62. The van der Waals surface area contributed by atoms with Crippen molar-refractivity contribution in [3.63, 3.8) is 0 Å². The van der Waals surface area contributed by atoms with E-state index in [9.17, 15) is 0 Å². The third kappa shape index (κ3) is 2.79. The molecule has 0 aliphatic rings. The summed E-state index contributed by atoms with van der Waals surface area (Å²) in [5.74, 6) is 1.34. The number of nitrogens with one attached hydrogen (secondary N) is 1. The number of aryl methyl sites for hydroxylation is 2. The van der Waals surface area contributed by atoms with E-state index in [0.29, 0.717) is 11.0 Å². The van der Waals surface area contributed by atoms with E-state index < -0.39 is 0 Å². The maximum Gasteiger partial charge on any atom is 0.224 e. The molecule has 0 atom stereocenters. The highest BCUT2D eigenvalue weighted by molar-refractivity contribution is 6.31. The first-order chi connectivity index (χ1) is 8.60. The molecule has 6 heteroatoms. The Morgan fingerprint density at radius 2 is 2.11 bits per heavy atom. The molecule has 0 radical (unpaired) electrons. The van der Waals surface area contributed by atoms with Crippen molar-refractivity contribution in [3.8, 4) is 5.82 Å². The normalized spacial score (nSPS) is 10.7. The van der Waals surface area contributed by atoms with Crippen molar-refractivity contribution in [2.24, 2.45) is 0 Å². The number of hydrogen-bond donors (Lipinski definition) is 1. The van der Waals surface area contributed by atoms with Gasteiger partial charge in [-0.05, 0) is 20.3 Å². The number of nitrogens with zero attached hydrogens (tertiary/aromatic N) is 4. The zero-order chi connectivity index (χ0) is 13.1. The summed E-state index contributed by atoms with van der Waals surface area (Å²) in [5, 5.41) is 8.11. The molecule has 0 spiro atoms. The van der Waals surface area contributed by atoms with Gasteiger partial charge in [0, 0.05) is 18.3 Å². The van der Waals surface area contributed by atoms with Crippen molar-refractivity contribution < 1.29 is 0 Å². The number of halogens is 1. The van der Waals surface area contributed by atoms with Crippen molar-refractivity contribution in [3.05, 3.63) is 28.7 Å². The average Bonchev–Trinajstić information content (AvgIpc) is 2.66. The van der Waals surface area contributed by atoms with Gasteiger partial charge in [0.15, 0.2) is 5.82 Å². The van der Waals surface area contributed by atoms with E-state index in [1.165, 1.54) is 0 Å². The fourth-order valence-corrected chi connectivity index (χ4v) is 1.67. The van der Waals surface area contributed by atoms with E-state index in [1.54, 1.807) is 10.9 Å². The first-order valence-corrected chi connectivity index (χ1v) is 6.29. The second-order valence-corrected chi connectivity index (χ2v) is 4.53. The highest BCUT2D eigenvalue weighted by atomic mass is 35.5. The smallest absolute Gasteiger partial charge is 0.224 e. The van der Waals surface area contributed by atoms with Crippen LogP contribution < -0.4 is 5.32 Å². The van der Waals surface area contributed by atoms with Crippen molar-refractivity contribution in [1.29, 1.82) is 0 Å². The van der Waals surface area contributed by atoms with Crippen molar-refractivity contribution >= 4 is 17.5 Å². The zero-order valence-corrected chi connectivity index (χ0v) is 11.5. The minimum absolute atomic E-state index is 0.621. The van der Waals surface area contributed by atoms with Crippen LogP contribution in [0.2, 0.25) is 5.02 Å². The van der Waals surface area contributed by atoms with E-state index in [-0.39, 0.29) is 0 Å². The molecule has 0 aromatic carbocycles. The lowest BCUT2D eigenvalue weighted by Crippen LogP contribution is -2.08. The third-order valence-electron chi connectivity index (χ3n) is 2.45. The molecule has 2 rings (SSSR count). The lowest BCUT2D eigenvalue weighted by molar-refractivity contribution is 0.820. The highest BCUT2D eigenvalue weighted by Gasteiger charge is 2.07. The Kier molecular flexibility index (Phi) is 3.81. The standard InChI is InChI=1S/C12H16ClN5/c1-4-5-14-12-15-8(2)6-11(16-12)18-7-10(13)9(3)17-18/h6-7H,4-5H2,1-3H3,(H,14,15,16). The molecule has 2 aromatic rings. The van der Waals surface area contributed by atoms with Gasteiger partial charge in [0.05, 0.1) is 16.9 Å². The molecule has 2 aromatic heterocycles. The maximum absolute atomic E-state index is 6.00. The largest absolute Gasteiger partial charge is 0.354 e. The summed E-state index contributed by atoms with van der Waals surface area (Å²) in [4.78, 5) is 8.75. The van der Waals surface area contributed by atoms with Crippen LogP contribution in [0.4, 0.5) is 5.95 Å². The quantitative estimate of drug-likeness (QED) is 0.924. The van der Waals surface area contributed by atoms with E-state index in [4.69, 9.17) is 11.6 Å². The molecule has 18 heavy (non-hydrogen) atoms. The molecular weight excluding hydrogens is 250 g/mol. The predicted molar refractivity (Wildman–Crippen MR) is 72.4 cm³/mol. The van der Waals surface area contributed by atoms with Gasteiger partial charge in [-0.1, -0.05) is 18.5 Å². The Balaban J connectivity index is 2.35. The van der Waals surface area contributed by atoms with Crippen molar-refractivity contribution in [1.82, 2.24) is 19.7 Å². The summed E-state index contributed by atoms with van der Waals surface area (Å²) in [6.07, 6.45) is 2.78. The second-order valence-electron chi connectivity index (χ2n) is 4.12. The van der Waals surface area contributed by atoms with Crippen molar-refractivity contribution in [2.45, 2.75) is 27.2 Å². The number of aromatic nitrogens is 4. The molecule has 2 heterocycles. The Morgan fingerprint density at radius 1 is 1.33 bits per heavy atom. The summed E-state index contributed by atoms with van der Waals surface area (Å²) in [7, 11) is 0. The molecule has 0 saturated heterocycles. The predicted octanol–water partition coefficient (Wildman–Crippen LogP) is 2.75. The number of rotatable bonds is 4. The van der Waals surface area contributed by atoms with Gasteiger partial charge in [-0.15, -0.1) is 0 Å². The summed E-state index contributed by atoms with van der Waals surface area (Å²) in [6, 6.07) is 1.87. The molecule has 0 amide bonds. The molecule has 5 nitrogen and oxygen atoms in total. The zero-order valence-electron chi connectivity index (χ0n) is 10.7. The van der Waals surface area contributed by atoms with Gasteiger partial charge in [0.2, 0.25) is 5.95 Å². The Morgan fingerprint density at radius 3 is 2.72 bits per heavy atom. The molecule has 0 aliphatic heterocycles. The van der Waals surface area contributed by atoms with Gasteiger partial charge in [-0.3, -0.25) is 0 Å². The fourth-order valence-electron chi connectivity index (χ4n) is 1.54. The molecule has 0 aliphatic carbocycles. The molecule has 1 N–H and O–H groups in total. The summed E-state index contributed by atoms with van der Waals surface area (Å²) < 4.78 is 1.67. The third-order valence-corrected chi connectivity index (χ3v) is 2.82. The monoisotopic (exact) mass is 265 g/mol. The second kappa shape index (κ2) is 5.35. The van der Waals surface area contributed by atoms with Gasteiger partial charge in [0.1, 0.15) is 0 Å². The van der Waals surface area contributed by atoms with Crippen LogP contribution in [0.15, 0.2) is 12.3 Å². The SMILES string of the molecule is CCCNc1nc(C)cc(-n2cc(Cl)c(C)n2)n1. The van der Waals surface area contributed by atoms with Crippen molar-refractivity contribution in [2.75, 3.05) is 11.9 Å². The summed E-state index contributed by atoms with van der Waals surface area (Å²) in [6.45, 7) is 6.74. The minimum Gasteiger partial charge on any atom is -0.354 e. The maximum atomic E-state index is 6.00. The van der Waals surface area contributed by atoms with Gasteiger partial charge in [0.25, 0.3) is 0 Å². The van der Waals surface area contributed by atoms with Crippen LogP contribution in [0.1, 0.15) is 24.7 Å². The minimum atomic E-state index is 0.621. The molecule has 0 fully saturated rings. The first-order valence-electron chi connectivity index (χ1n) is 5.92. The molecule has 0 bridgehead atoms. The van der Waals surface area contributed by atoms with Crippen LogP contribution in [0.5, 0.6) is 0 Å². The Bertz CT molecular complexity index is 530. The van der Waals surface area contributed by atoms with Crippen LogP contribution in [-0.2, 0) is 0 Å². The van der Waals surface area contributed by atoms with Gasteiger partial charge < -0.3 is 5.32 Å².